The number of nitrogens with zero attached hydrogens (tertiary/aromatic N) is 3. The molecule has 4 rings (SSSR count). The number of fused-ring (bicyclic) bond motifs is 2. The Labute approximate surface area is 186 Å². The highest BCUT2D eigenvalue weighted by atomic mass is 35.5. The molecule has 1 N–H and O–H groups in total. The SMILES string of the molecule is CC(C)n1c(SCC(=O)Nc2sc3c(c2C#N)CCC3)nc2cc(Cl)ccc2c1=O. The van der Waals surface area contributed by atoms with Gasteiger partial charge in [-0.25, -0.2) is 4.98 Å². The largest absolute Gasteiger partial charge is 0.316 e. The Morgan fingerprint density at radius 3 is 2.97 bits per heavy atom. The molecule has 1 aliphatic rings. The standard InChI is InChI=1S/C21H19ClN4O2S2/c1-11(2)26-20(28)14-7-6-12(22)8-16(14)24-21(26)29-10-18(27)25-19-15(9-23)13-4-3-5-17(13)30-19/h6-8,11H,3-5,10H2,1-2H3,(H,25,27). The minimum atomic E-state index is -0.229. The number of carbonyl (C=O) groups excluding carboxylic acids is 1. The third-order valence-corrected chi connectivity index (χ3v) is 7.36. The Morgan fingerprint density at radius 2 is 2.23 bits per heavy atom. The summed E-state index contributed by atoms with van der Waals surface area (Å²) < 4.78 is 1.59. The lowest BCUT2D eigenvalue weighted by molar-refractivity contribution is -0.113. The molecule has 0 aliphatic heterocycles. The number of rotatable bonds is 5. The van der Waals surface area contributed by atoms with Gasteiger partial charge in [0.1, 0.15) is 11.1 Å². The van der Waals surface area contributed by atoms with Crippen molar-refractivity contribution in [3.05, 3.63) is 49.6 Å². The monoisotopic (exact) mass is 458 g/mol. The van der Waals surface area contributed by atoms with E-state index in [2.05, 4.69) is 16.4 Å². The average molecular weight is 459 g/mol. The van der Waals surface area contributed by atoms with E-state index in [-0.39, 0.29) is 23.3 Å². The summed E-state index contributed by atoms with van der Waals surface area (Å²) in [7, 11) is 0. The van der Waals surface area contributed by atoms with Gasteiger partial charge in [0.25, 0.3) is 5.56 Å². The predicted molar refractivity (Wildman–Crippen MR) is 122 cm³/mol. The Balaban J connectivity index is 1.58. The maximum absolute atomic E-state index is 12.9. The molecule has 0 unspecified atom stereocenters. The minimum Gasteiger partial charge on any atom is -0.316 e. The molecule has 1 aromatic carbocycles. The zero-order chi connectivity index (χ0) is 21.4. The third kappa shape index (κ3) is 3.85. The van der Waals surface area contributed by atoms with Crippen LogP contribution in [0.25, 0.3) is 10.9 Å². The summed E-state index contributed by atoms with van der Waals surface area (Å²) in [6, 6.07) is 7.12. The number of thiophene rings is 1. The van der Waals surface area contributed by atoms with Crippen LogP contribution >= 0.6 is 34.7 Å². The number of thioether (sulfide) groups is 1. The van der Waals surface area contributed by atoms with Gasteiger partial charge in [0, 0.05) is 15.9 Å². The lowest BCUT2D eigenvalue weighted by Crippen LogP contribution is -2.25. The van der Waals surface area contributed by atoms with Crippen LogP contribution in [0, 0.1) is 11.3 Å². The zero-order valence-electron chi connectivity index (χ0n) is 16.5. The maximum Gasteiger partial charge on any atom is 0.262 e. The molecule has 0 fully saturated rings. The summed E-state index contributed by atoms with van der Waals surface area (Å²) in [6.07, 6.45) is 2.91. The number of anilines is 1. The quantitative estimate of drug-likeness (QED) is 0.439. The van der Waals surface area contributed by atoms with Gasteiger partial charge in [-0.15, -0.1) is 11.3 Å². The van der Waals surface area contributed by atoms with Crippen LogP contribution in [0.3, 0.4) is 0 Å². The van der Waals surface area contributed by atoms with Crippen LogP contribution < -0.4 is 10.9 Å². The molecule has 0 radical (unpaired) electrons. The second-order valence-electron chi connectivity index (χ2n) is 7.33. The molecular weight excluding hydrogens is 440 g/mol. The van der Waals surface area contributed by atoms with E-state index >= 15 is 0 Å². The summed E-state index contributed by atoms with van der Waals surface area (Å²) in [4.78, 5) is 31.3. The first-order chi connectivity index (χ1) is 14.4. The van der Waals surface area contributed by atoms with E-state index in [1.807, 2.05) is 13.8 Å². The normalized spacial score (nSPS) is 12.9. The highest BCUT2D eigenvalue weighted by molar-refractivity contribution is 7.99. The number of amides is 1. The molecule has 9 heteroatoms. The first-order valence-electron chi connectivity index (χ1n) is 9.58. The Hall–Kier alpha value is -2.34. The van der Waals surface area contributed by atoms with E-state index in [1.54, 1.807) is 22.8 Å². The number of nitrogens with one attached hydrogen (secondary N) is 1. The summed E-state index contributed by atoms with van der Waals surface area (Å²) in [5.74, 6) is -0.147. The molecule has 3 aromatic rings. The molecular formula is C21H19ClN4O2S2. The number of benzene rings is 1. The number of hydrogen-bond donors (Lipinski definition) is 1. The number of halogens is 1. The van der Waals surface area contributed by atoms with Gasteiger partial charge in [0.15, 0.2) is 5.16 Å². The van der Waals surface area contributed by atoms with Crippen molar-refractivity contribution in [1.29, 1.82) is 5.26 Å². The minimum absolute atomic E-state index is 0.0820. The Morgan fingerprint density at radius 1 is 1.43 bits per heavy atom. The van der Waals surface area contributed by atoms with E-state index in [4.69, 9.17) is 11.6 Å². The molecule has 2 aromatic heterocycles. The van der Waals surface area contributed by atoms with E-state index in [1.165, 1.54) is 28.0 Å². The van der Waals surface area contributed by atoms with Gasteiger partial charge in [-0.05, 0) is 56.9 Å². The lowest BCUT2D eigenvalue weighted by atomic mass is 10.1. The fourth-order valence-electron chi connectivity index (χ4n) is 3.61. The molecule has 30 heavy (non-hydrogen) atoms. The van der Waals surface area contributed by atoms with Crippen LogP contribution in [0.1, 0.15) is 42.3 Å². The predicted octanol–water partition coefficient (Wildman–Crippen LogP) is 4.78. The van der Waals surface area contributed by atoms with Crippen molar-refractivity contribution in [2.45, 2.75) is 44.3 Å². The molecule has 0 saturated heterocycles. The molecule has 1 amide bonds. The lowest BCUT2D eigenvalue weighted by Gasteiger charge is -2.16. The van der Waals surface area contributed by atoms with Crippen LogP contribution in [0.2, 0.25) is 5.02 Å². The first-order valence-corrected chi connectivity index (χ1v) is 11.8. The second-order valence-corrected chi connectivity index (χ2v) is 9.82. The van der Waals surface area contributed by atoms with Gasteiger partial charge in [0.05, 0.1) is 22.2 Å². The van der Waals surface area contributed by atoms with E-state index < -0.39 is 0 Å². The fourth-order valence-corrected chi connectivity index (χ4v) is 5.96. The van der Waals surface area contributed by atoms with Gasteiger partial charge in [-0.3, -0.25) is 14.2 Å². The first kappa shape index (κ1) is 20.9. The Kier molecular flexibility index (Phi) is 5.87. The molecule has 1 aliphatic carbocycles. The molecule has 0 spiro atoms. The van der Waals surface area contributed by atoms with Gasteiger partial charge in [0.2, 0.25) is 5.91 Å². The van der Waals surface area contributed by atoms with Crippen LogP contribution in [0.5, 0.6) is 0 Å². The van der Waals surface area contributed by atoms with Crippen molar-refractivity contribution >= 4 is 56.5 Å². The summed E-state index contributed by atoms with van der Waals surface area (Å²) in [6.45, 7) is 3.81. The molecule has 0 bridgehead atoms. The van der Waals surface area contributed by atoms with Crippen molar-refractivity contribution < 1.29 is 4.79 Å². The number of aryl methyl sites for hydroxylation is 1. The summed E-state index contributed by atoms with van der Waals surface area (Å²) >= 11 is 8.75. The maximum atomic E-state index is 12.9. The van der Waals surface area contributed by atoms with Crippen LogP contribution in [0.15, 0.2) is 28.2 Å². The van der Waals surface area contributed by atoms with Crippen LogP contribution in [0.4, 0.5) is 5.00 Å². The molecule has 0 atom stereocenters. The molecule has 2 heterocycles. The fraction of sp³-hybridized carbons (Fsp3) is 0.333. The number of carbonyl (C=O) groups is 1. The van der Waals surface area contributed by atoms with E-state index in [9.17, 15) is 14.9 Å². The number of hydrogen-bond acceptors (Lipinski definition) is 6. The van der Waals surface area contributed by atoms with Crippen molar-refractivity contribution in [2.24, 2.45) is 0 Å². The third-order valence-electron chi connectivity index (χ3n) is 4.97. The Bertz CT molecular complexity index is 1260. The van der Waals surface area contributed by atoms with E-state index in [0.29, 0.717) is 31.6 Å². The van der Waals surface area contributed by atoms with Gasteiger partial charge in [-0.1, -0.05) is 23.4 Å². The summed E-state index contributed by atoms with van der Waals surface area (Å²) in [5.41, 5.74) is 2.01. The van der Waals surface area contributed by atoms with Crippen LogP contribution in [-0.4, -0.2) is 21.2 Å². The van der Waals surface area contributed by atoms with Gasteiger partial charge in [-0.2, -0.15) is 5.26 Å². The highest BCUT2D eigenvalue weighted by Gasteiger charge is 2.23. The topological polar surface area (TPSA) is 87.8 Å². The summed E-state index contributed by atoms with van der Waals surface area (Å²) in [5, 5.41) is 14.4. The van der Waals surface area contributed by atoms with Crippen molar-refractivity contribution in [3.63, 3.8) is 0 Å². The van der Waals surface area contributed by atoms with Crippen molar-refractivity contribution in [1.82, 2.24) is 9.55 Å². The van der Waals surface area contributed by atoms with Gasteiger partial charge >= 0.3 is 0 Å². The van der Waals surface area contributed by atoms with Crippen LogP contribution in [-0.2, 0) is 17.6 Å². The van der Waals surface area contributed by atoms with Crippen molar-refractivity contribution in [2.75, 3.05) is 11.1 Å². The molecule has 154 valence electrons. The average Bonchev–Trinajstić information content (AvgIpc) is 3.26. The smallest absolute Gasteiger partial charge is 0.262 e. The van der Waals surface area contributed by atoms with Crippen molar-refractivity contribution in [3.8, 4) is 6.07 Å². The zero-order valence-corrected chi connectivity index (χ0v) is 18.9. The second kappa shape index (κ2) is 8.42. The van der Waals surface area contributed by atoms with Gasteiger partial charge < -0.3 is 5.32 Å². The number of nitriles is 1. The van der Waals surface area contributed by atoms with E-state index in [0.717, 1.165) is 24.8 Å². The number of aromatic nitrogens is 2. The molecule has 0 saturated carbocycles. The molecule has 6 nitrogen and oxygen atoms in total. The highest BCUT2D eigenvalue weighted by Crippen LogP contribution is 2.38.